The molecule has 0 aromatic heterocycles. The van der Waals surface area contributed by atoms with Gasteiger partial charge in [-0.1, -0.05) is 25.7 Å². The molecule has 1 aliphatic heterocycles. The number of hydrogen-bond donors (Lipinski definition) is 1. The van der Waals surface area contributed by atoms with Crippen LogP contribution in [0.25, 0.3) is 0 Å². The third kappa shape index (κ3) is 4.51. The summed E-state index contributed by atoms with van der Waals surface area (Å²) in [4.78, 5) is 13.7. The quantitative estimate of drug-likeness (QED) is 0.705. The second kappa shape index (κ2) is 6.92. The SMILES string of the molecule is C#CCN(C(=O)C(N)CCCC)C1CCS(=O)(=O)C1. The normalized spacial score (nSPS) is 22.7. The Morgan fingerprint density at radius 1 is 1.58 bits per heavy atom. The van der Waals surface area contributed by atoms with Crippen LogP contribution in [0, 0.1) is 12.3 Å². The maximum atomic E-state index is 12.2. The molecule has 1 saturated heterocycles. The Kier molecular flexibility index (Phi) is 5.83. The predicted molar refractivity (Wildman–Crippen MR) is 75.1 cm³/mol. The van der Waals surface area contributed by atoms with Gasteiger partial charge in [-0.05, 0) is 12.8 Å². The number of carbonyl (C=O) groups excluding carboxylic acids is 1. The first-order chi connectivity index (χ1) is 8.91. The smallest absolute Gasteiger partial charge is 0.240 e. The van der Waals surface area contributed by atoms with Gasteiger partial charge in [0.25, 0.3) is 0 Å². The van der Waals surface area contributed by atoms with E-state index in [1.807, 2.05) is 6.92 Å². The minimum Gasteiger partial charge on any atom is -0.326 e. The monoisotopic (exact) mass is 286 g/mol. The van der Waals surface area contributed by atoms with Gasteiger partial charge < -0.3 is 10.6 Å². The highest BCUT2D eigenvalue weighted by Gasteiger charge is 2.35. The molecule has 0 bridgehead atoms. The number of nitrogens with zero attached hydrogens (tertiary/aromatic N) is 1. The fourth-order valence-corrected chi connectivity index (χ4v) is 4.00. The topological polar surface area (TPSA) is 80.5 Å². The summed E-state index contributed by atoms with van der Waals surface area (Å²) in [7, 11) is -3.04. The molecule has 1 rings (SSSR count). The highest BCUT2D eigenvalue weighted by Crippen LogP contribution is 2.18. The molecule has 0 aliphatic carbocycles. The molecule has 1 amide bonds. The van der Waals surface area contributed by atoms with E-state index in [0.717, 1.165) is 12.8 Å². The highest BCUT2D eigenvalue weighted by atomic mass is 32.2. The van der Waals surface area contributed by atoms with Gasteiger partial charge in [0.1, 0.15) is 0 Å². The lowest BCUT2D eigenvalue weighted by atomic mass is 10.1. The number of nitrogens with two attached hydrogens (primary N) is 1. The van der Waals surface area contributed by atoms with E-state index in [4.69, 9.17) is 12.2 Å². The largest absolute Gasteiger partial charge is 0.326 e. The van der Waals surface area contributed by atoms with Crippen LogP contribution in [0.3, 0.4) is 0 Å². The minimum absolute atomic E-state index is 0.000910. The van der Waals surface area contributed by atoms with Crippen LogP contribution in [0.5, 0.6) is 0 Å². The van der Waals surface area contributed by atoms with Crippen LogP contribution in [0.4, 0.5) is 0 Å². The van der Waals surface area contributed by atoms with Crippen molar-refractivity contribution in [3.63, 3.8) is 0 Å². The van der Waals surface area contributed by atoms with Crippen LogP contribution in [0.1, 0.15) is 32.6 Å². The Labute approximate surface area is 115 Å². The van der Waals surface area contributed by atoms with Crippen molar-refractivity contribution in [1.82, 2.24) is 4.90 Å². The Hall–Kier alpha value is -1.06. The number of rotatable bonds is 6. The Morgan fingerprint density at radius 2 is 2.26 bits per heavy atom. The maximum absolute atomic E-state index is 12.2. The van der Waals surface area contributed by atoms with Crippen molar-refractivity contribution in [2.75, 3.05) is 18.1 Å². The summed E-state index contributed by atoms with van der Waals surface area (Å²) in [5.41, 5.74) is 5.86. The van der Waals surface area contributed by atoms with Crippen molar-refractivity contribution < 1.29 is 13.2 Å². The third-order valence-corrected chi connectivity index (χ3v) is 5.13. The molecule has 2 N–H and O–H groups in total. The first kappa shape index (κ1) is 16.0. The lowest BCUT2D eigenvalue weighted by Gasteiger charge is -2.28. The zero-order valence-corrected chi connectivity index (χ0v) is 12.2. The molecular formula is C13H22N2O3S. The van der Waals surface area contributed by atoms with Gasteiger partial charge in [-0.25, -0.2) is 8.42 Å². The van der Waals surface area contributed by atoms with Crippen molar-refractivity contribution in [2.24, 2.45) is 5.73 Å². The molecule has 1 aliphatic rings. The molecule has 19 heavy (non-hydrogen) atoms. The fourth-order valence-electron chi connectivity index (χ4n) is 2.27. The van der Waals surface area contributed by atoms with Gasteiger partial charge in [-0.3, -0.25) is 4.79 Å². The Morgan fingerprint density at radius 3 is 2.74 bits per heavy atom. The second-order valence-corrected chi connectivity index (χ2v) is 7.20. The molecule has 0 radical (unpaired) electrons. The van der Waals surface area contributed by atoms with Crippen LogP contribution in [-0.2, 0) is 14.6 Å². The lowest BCUT2D eigenvalue weighted by molar-refractivity contribution is -0.133. The first-order valence-corrected chi connectivity index (χ1v) is 8.43. The summed E-state index contributed by atoms with van der Waals surface area (Å²) in [6.07, 6.45) is 8.17. The molecule has 0 saturated carbocycles. The highest BCUT2D eigenvalue weighted by molar-refractivity contribution is 7.91. The summed E-state index contributed by atoms with van der Waals surface area (Å²) in [5, 5.41) is 0. The number of terminal acetylenes is 1. The molecule has 1 heterocycles. The lowest BCUT2D eigenvalue weighted by Crippen LogP contribution is -2.49. The molecule has 2 unspecified atom stereocenters. The molecule has 5 nitrogen and oxygen atoms in total. The number of sulfone groups is 1. The molecule has 1 fully saturated rings. The minimum atomic E-state index is -3.04. The number of unbranched alkanes of at least 4 members (excludes halogenated alkanes) is 1. The van der Waals surface area contributed by atoms with E-state index < -0.39 is 15.9 Å². The van der Waals surface area contributed by atoms with E-state index in [1.165, 1.54) is 4.90 Å². The molecule has 2 atom stereocenters. The molecule has 6 heteroatoms. The molecule has 108 valence electrons. The second-order valence-electron chi connectivity index (χ2n) is 4.98. The average molecular weight is 286 g/mol. The summed E-state index contributed by atoms with van der Waals surface area (Å²) in [5.74, 6) is 2.31. The van der Waals surface area contributed by atoms with Crippen LogP contribution in [-0.4, -0.2) is 49.4 Å². The van der Waals surface area contributed by atoms with Gasteiger partial charge >= 0.3 is 0 Å². The van der Waals surface area contributed by atoms with Gasteiger partial charge in [0, 0.05) is 6.04 Å². The van der Waals surface area contributed by atoms with Crippen molar-refractivity contribution in [3.05, 3.63) is 0 Å². The Bertz CT molecular complexity index is 453. The van der Waals surface area contributed by atoms with Gasteiger partial charge in [-0.2, -0.15) is 0 Å². The van der Waals surface area contributed by atoms with Gasteiger partial charge in [0.15, 0.2) is 9.84 Å². The van der Waals surface area contributed by atoms with Crippen molar-refractivity contribution in [2.45, 2.75) is 44.7 Å². The molecule has 0 spiro atoms. The fraction of sp³-hybridized carbons (Fsp3) is 0.769. The summed E-state index contributed by atoms with van der Waals surface area (Å²) < 4.78 is 23.0. The first-order valence-electron chi connectivity index (χ1n) is 6.61. The summed E-state index contributed by atoms with van der Waals surface area (Å²) in [6, 6.07) is -0.905. The maximum Gasteiger partial charge on any atom is 0.240 e. The molecule has 0 aromatic rings. The zero-order chi connectivity index (χ0) is 14.5. The summed E-state index contributed by atoms with van der Waals surface area (Å²) in [6.45, 7) is 2.15. The van der Waals surface area contributed by atoms with E-state index >= 15 is 0 Å². The number of hydrogen-bond acceptors (Lipinski definition) is 4. The summed E-state index contributed by atoms with van der Waals surface area (Å²) >= 11 is 0. The van der Waals surface area contributed by atoms with Crippen LogP contribution >= 0.6 is 0 Å². The van der Waals surface area contributed by atoms with E-state index in [2.05, 4.69) is 5.92 Å². The van der Waals surface area contributed by atoms with Crippen LogP contribution in [0.15, 0.2) is 0 Å². The van der Waals surface area contributed by atoms with Crippen LogP contribution in [0.2, 0.25) is 0 Å². The van der Waals surface area contributed by atoms with Crippen molar-refractivity contribution in [3.8, 4) is 12.3 Å². The van der Waals surface area contributed by atoms with Crippen molar-refractivity contribution in [1.29, 1.82) is 0 Å². The van der Waals surface area contributed by atoms with Crippen molar-refractivity contribution >= 4 is 15.7 Å². The van der Waals surface area contributed by atoms with E-state index in [-0.39, 0.29) is 30.0 Å². The predicted octanol–water partition coefficient (Wildman–Crippen LogP) is 0.153. The standard InChI is InChI=1S/C13H22N2O3S/c1-3-5-6-12(14)13(16)15(8-4-2)11-7-9-19(17,18)10-11/h2,11-12H,3,5-10,14H2,1H3. The van der Waals surface area contributed by atoms with E-state index in [9.17, 15) is 13.2 Å². The average Bonchev–Trinajstić information content (AvgIpc) is 2.72. The van der Waals surface area contributed by atoms with Gasteiger partial charge in [0.2, 0.25) is 5.91 Å². The number of amides is 1. The Balaban J connectivity index is 2.72. The third-order valence-electron chi connectivity index (χ3n) is 3.38. The van der Waals surface area contributed by atoms with Gasteiger partial charge in [-0.15, -0.1) is 6.42 Å². The van der Waals surface area contributed by atoms with Gasteiger partial charge in [0.05, 0.1) is 24.1 Å². The zero-order valence-electron chi connectivity index (χ0n) is 11.3. The van der Waals surface area contributed by atoms with Crippen LogP contribution < -0.4 is 5.73 Å². The molecular weight excluding hydrogens is 264 g/mol. The van der Waals surface area contributed by atoms with E-state index in [1.54, 1.807) is 0 Å². The number of carbonyl (C=O) groups is 1. The van der Waals surface area contributed by atoms with E-state index in [0.29, 0.717) is 12.8 Å². The molecule has 0 aromatic carbocycles.